The molecule has 6 heterocycles. The first kappa shape index (κ1) is 39.3. The molecule has 3 aliphatic heterocycles. The number of anilines is 2. The average Bonchev–Trinajstić information content (AvgIpc) is 4.00. The van der Waals surface area contributed by atoms with Crippen LogP contribution in [0, 0.1) is 12.8 Å². The van der Waals surface area contributed by atoms with Crippen molar-refractivity contribution >= 4 is 51.2 Å². The van der Waals surface area contributed by atoms with Crippen LogP contribution in [-0.4, -0.2) is 87.1 Å². The third-order valence-corrected chi connectivity index (χ3v) is 12.5. The first-order chi connectivity index (χ1) is 28.9. The number of amides is 4. The van der Waals surface area contributed by atoms with Crippen LogP contribution in [0.1, 0.15) is 98.5 Å². The molecule has 0 saturated carbocycles. The Kier molecular flexibility index (Phi) is 10.3. The van der Waals surface area contributed by atoms with Crippen molar-refractivity contribution in [3.63, 3.8) is 0 Å². The summed E-state index contributed by atoms with van der Waals surface area (Å²) in [5.74, 6) is 0.969. The van der Waals surface area contributed by atoms with Crippen molar-refractivity contribution in [2.24, 2.45) is 5.92 Å². The normalized spacial score (nSPS) is 18.7. The highest BCUT2D eigenvalue weighted by molar-refractivity contribution is 6.12. The van der Waals surface area contributed by atoms with Crippen LogP contribution in [0.15, 0.2) is 71.5 Å². The van der Waals surface area contributed by atoms with Crippen LogP contribution in [0.3, 0.4) is 0 Å². The zero-order chi connectivity index (χ0) is 41.7. The lowest BCUT2D eigenvalue weighted by molar-refractivity contribution is -0.120. The molecule has 310 valence electrons. The van der Waals surface area contributed by atoms with Crippen LogP contribution in [0.4, 0.5) is 16.2 Å². The number of aromatic amines is 1. The van der Waals surface area contributed by atoms with Gasteiger partial charge in [-0.05, 0) is 105 Å². The van der Waals surface area contributed by atoms with Gasteiger partial charge >= 0.3 is 17.8 Å². The molecule has 3 aliphatic rings. The second-order valence-electron chi connectivity index (χ2n) is 17.8. The Bertz CT molecular complexity index is 2580. The molecule has 0 aliphatic carbocycles. The van der Waals surface area contributed by atoms with Gasteiger partial charge in [-0.1, -0.05) is 50.2 Å². The lowest BCUT2D eigenvalue weighted by Gasteiger charge is -2.35. The van der Waals surface area contributed by atoms with E-state index in [9.17, 15) is 14.4 Å². The van der Waals surface area contributed by atoms with Crippen LogP contribution >= 0.6 is 0 Å². The van der Waals surface area contributed by atoms with Crippen LogP contribution in [0.2, 0.25) is 0 Å². The van der Waals surface area contributed by atoms with E-state index in [0.717, 1.165) is 102 Å². The third kappa shape index (κ3) is 7.83. The Morgan fingerprint density at radius 1 is 0.950 bits per heavy atom. The largest absolute Gasteiger partial charge is 0.372 e. The average molecular weight is 809 g/mol. The van der Waals surface area contributed by atoms with Gasteiger partial charge in [-0.2, -0.15) is 4.98 Å². The highest BCUT2D eigenvalue weighted by Crippen LogP contribution is 2.37. The van der Waals surface area contributed by atoms with Crippen LogP contribution in [-0.2, 0) is 10.2 Å². The molecule has 2 atom stereocenters. The quantitative estimate of drug-likeness (QED) is 0.134. The van der Waals surface area contributed by atoms with Crippen LogP contribution in [0.25, 0.3) is 33.2 Å². The highest BCUT2D eigenvalue weighted by Gasteiger charge is 2.30. The molecule has 60 heavy (non-hydrogen) atoms. The standard InChI is InChI=1S/C46H52N10O4/c1-27-22-31(7-12-35(27)28(2)49-42(58)43-52-44(53-60-43)46(3,4)5)40-39-36-13-6-30(23-37(36)50-41(39)48-26-47-40)32-16-18-54(25-32)24-29-14-19-55(20-15-29)33-8-10-34(11-9-33)56-21-17-38(57)51-45(56)59/h6-13,22-23,26,28-29,32H,14-21,24-25H2,1-5H3,(H,49,58)(H,47,48,50)(H,51,57,59)/t28-,32?/m1/s1. The number of urea groups is 1. The van der Waals surface area contributed by atoms with E-state index in [1.807, 2.05) is 52.8 Å². The SMILES string of the molecule is Cc1cc(-c2ncnc3[nH]c4cc(C5CCN(CC6CCN(c7ccc(N8CCC(=O)NC8=O)cc7)CC6)C5)ccc4c23)ccc1[C@@H](C)NC(=O)c1nc(C(C)(C)C)no1. The molecule has 9 rings (SSSR count). The maximum absolute atomic E-state index is 13.0. The van der Waals surface area contributed by atoms with Crippen molar-refractivity contribution in [1.29, 1.82) is 0 Å². The van der Waals surface area contributed by atoms with E-state index >= 15 is 0 Å². The molecule has 0 bridgehead atoms. The van der Waals surface area contributed by atoms with E-state index in [1.165, 1.54) is 11.3 Å². The van der Waals surface area contributed by atoms with E-state index in [0.29, 0.717) is 30.6 Å². The Balaban J connectivity index is 0.820. The van der Waals surface area contributed by atoms with Gasteiger partial charge in [-0.25, -0.2) is 14.8 Å². The van der Waals surface area contributed by atoms with Gasteiger partial charge in [-0.15, -0.1) is 0 Å². The van der Waals surface area contributed by atoms with Gasteiger partial charge in [0.2, 0.25) is 5.91 Å². The molecule has 3 fully saturated rings. The molecular formula is C46H52N10O4. The minimum absolute atomic E-state index is 0.0425. The Morgan fingerprint density at radius 2 is 1.73 bits per heavy atom. The number of fused-ring (bicyclic) bond motifs is 3. The number of H-pyrrole nitrogens is 1. The fraction of sp³-hybridized carbons (Fsp3) is 0.413. The second-order valence-corrected chi connectivity index (χ2v) is 17.8. The molecular weight excluding hydrogens is 757 g/mol. The number of imide groups is 1. The predicted molar refractivity (Wildman–Crippen MR) is 231 cm³/mol. The topological polar surface area (TPSA) is 165 Å². The van der Waals surface area contributed by atoms with Gasteiger partial charge < -0.3 is 24.6 Å². The molecule has 3 N–H and O–H groups in total. The smallest absolute Gasteiger partial charge is 0.328 e. The maximum Gasteiger partial charge on any atom is 0.328 e. The minimum Gasteiger partial charge on any atom is -0.372 e. The monoisotopic (exact) mass is 808 g/mol. The van der Waals surface area contributed by atoms with E-state index in [2.05, 4.69) is 83.0 Å². The van der Waals surface area contributed by atoms with Crippen molar-refractivity contribution in [3.05, 3.63) is 95.4 Å². The number of nitrogens with zero attached hydrogens (tertiary/aromatic N) is 7. The summed E-state index contributed by atoms with van der Waals surface area (Å²) in [6, 6.07) is 20.6. The molecule has 3 saturated heterocycles. The summed E-state index contributed by atoms with van der Waals surface area (Å²) < 4.78 is 5.26. The van der Waals surface area contributed by atoms with Crippen LogP contribution in [0.5, 0.6) is 0 Å². The zero-order valence-corrected chi connectivity index (χ0v) is 34.9. The Morgan fingerprint density at radius 3 is 2.47 bits per heavy atom. The van der Waals surface area contributed by atoms with E-state index < -0.39 is 5.91 Å². The van der Waals surface area contributed by atoms with Gasteiger partial charge in [0.05, 0.1) is 17.1 Å². The molecule has 0 radical (unpaired) electrons. The fourth-order valence-corrected chi connectivity index (χ4v) is 9.15. The zero-order valence-electron chi connectivity index (χ0n) is 34.9. The number of aryl methyl sites for hydroxylation is 1. The highest BCUT2D eigenvalue weighted by atomic mass is 16.5. The second kappa shape index (κ2) is 15.8. The summed E-state index contributed by atoms with van der Waals surface area (Å²) in [4.78, 5) is 60.8. The number of hydrogen-bond acceptors (Lipinski definition) is 10. The number of rotatable bonds is 9. The predicted octanol–water partition coefficient (Wildman–Crippen LogP) is 7.41. The third-order valence-electron chi connectivity index (χ3n) is 12.5. The minimum atomic E-state index is -0.402. The van der Waals surface area contributed by atoms with Crippen LogP contribution < -0.4 is 20.4 Å². The van der Waals surface area contributed by atoms with Gasteiger partial charge in [0.1, 0.15) is 12.0 Å². The van der Waals surface area contributed by atoms with E-state index in [4.69, 9.17) is 9.51 Å². The molecule has 6 aromatic rings. The van der Waals surface area contributed by atoms with E-state index in [1.54, 1.807) is 11.2 Å². The van der Waals surface area contributed by atoms with Crippen molar-refractivity contribution in [3.8, 4) is 11.3 Å². The number of nitrogens with one attached hydrogen (secondary N) is 3. The molecule has 4 amide bonds. The van der Waals surface area contributed by atoms with Gasteiger partial charge in [-0.3, -0.25) is 19.8 Å². The number of likely N-dealkylation sites (tertiary alicyclic amines) is 1. The lowest BCUT2D eigenvalue weighted by Crippen LogP contribution is -2.49. The number of aromatic nitrogens is 5. The Hall–Kier alpha value is -6.15. The maximum atomic E-state index is 13.0. The summed E-state index contributed by atoms with van der Waals surface area (Å²) in [6.45, 7) is 15.7. The molecule has 14 nitrogen and oxygen atoms in total. The molecule has 1 unspecified atom stereocenters. The van der Waals surface area contributed by atoms with Gasteiger partial charge in [0, 0.05) is 72.4 Å². The number of carbonyl (C=O) groups is 3. The van der Waals surface area contributed by atoms with Crippen molar-refractivity contribution in [2.45, 2.75) is 77.7 Å². The number of benzene rings is 3. The molecule has 3 aromatic heterocycles. The summed E-state index contributed by atoms with van der Waals surface area (Å²) in [6.07, 6.45) is 5.39. The number of carbonyl (C=O) groups excluding carboxylic acids is 3. The Labute approximate surface area is 349 Å². The summed E-state index contributed by atoms with van der Waals surface area (Å²) >= 11 is 0. The lowest BCUT2D eigenvalue weighted by atomic mass is 9.95. The van der Waals surface area contributed by atoms with Crippen molar-refractivity contribution in [2.75, 3.05) is 49.1 Å². The molecule has 14 heteroatoms. The summed E-state index contributed by atoms with van der Waals surface area (Å²) in [7, 11) is 0. The summed E-state index contributed by atoms with van der Waals surface area (Å²) in [5, 5.41) is 11.5. The van der Waals surface area contributed by atoms with Crippen molar-refractivity contribution < 1.29 is 18.9 Å². The van der Waals surface area contributed by atoms with Crippen molar-refractivity contribution in [1.82, 2.24) is 40.6 Å². The van der Waals surface area contributed by atoms with E-state index in [-0.39, 0.29) is 29.3 Å². The number of hydrogen-bond donors (Lipinski definition) is 3. The first-order valence-electron chi connectivity index (χ1n) is 21.1. The van der Waals surface area contributed by atoms with Gasteiger partial charge in [0.15, 0.2) is 5.82 Å². The molecule has 3 aromatic carbocycles. The van der Waals surface area contributed by atoms with Gasteiger partial charge in [0.25, 0.3) is 0 Å². The molecule has 0 spiro atoms. The fourth-order valence-electron chi connectivity index (χ4n) is 9.15. The summed E-state index contributed by atoms with van der Waals surface area (Å²) in [5.41, 5.74) is 8.77. The first-order valence-corrected chi connectivity index (χ1v) is 21.1. The number of piperidine rings is 1.